The lowest BCUT2D eigenvalue weighted by Gasteiger charge is -2.14. The van der Waals surface area contributed by atoms with Gasteiger partial charge in [-0.1, -0.05) is 12.1 Å². The molecule has 2 atom stereocenters. The van der Waals surface area contributed by atoms with Crippen LogP contribution >= 0.6 is 23.7 Å². The highest BCUT2D eigenvalue weighted by molar-refractivity contribution is 7.09. The number of β-amino-alcohol motifs (C(OH)–C–C–N with tert-alkyl or cyclic N) is 1. The quantitative estimate of drug-likeness (QED) is 0.697. The number of aryl methyl sites for hydroxylation is 1. The molecule has 24 heavy (non-hydrogen) atoms. The average Bonchev–Trinajstić information content (AvgIpc) is 3.15. The Hall–Kier alpha value is -1.18. The number of rotatable bonds is 7. The van der Waals surface area contributed by atoms with Crippen molar-refractivity contribution in [2.45, 2.75) is 26.2 Å². The van der Waals surface area contributed by atoms with E-state index in [0.29, 0.717) is 19.1 Å². The van der Waals surface area contributed by atoms with Crippen molar-refractivity contribution in [3.63, 3.8) is 0 Å². The Balaban J connectivity index is 0.00000208. The Morgan fingerprint density at radius 3 is 2.75 bits per heavy atom. The van der Waals surface area contributed by atoms with Crippen LogP contribution in [0.15, 0.2) is 29.6 Å². The largest absolute Gasteiger partial charge is 0.487 e. The van der Waals surface area contributed by atoms with Crippen molar-refractivity contribution in [3.8, 4) is 5.75 Å². The average molecular weight is 370 g/mol. The summed E-state index contributed by atoms with van der Waals surface area (Å²) in [6.07, 6.45) is -0.229. The molecule has 1 fully saturated rings. The number of aromatic nitrogens is 1. The Morgan fingerprint density at radius 1 is 1.33 bits per heavy atom. The van der Waals surface area contributed by atoms with Gasteiger partial charge in [0.05, 0.1) is 16.8 Å². The third-order valence-corrected chi connectivity index (χ3v) is 4.84. The fourth-order valence-electron chi connectivity index (χ4n) is 2.66. The van der Waals surface area contributed by atoms with Gasteiger partial charge in [-0.3, -0.25) is 0 Å². The summed E-state index contributed by atoms with van der Waals surface area (Å²) in [5.74, 6) is 1.16. The van der Waals surface area contributed by atoms with Gasteiger partial charge in [-0.05, 0) is 24.6 Å². The van der Waals surface area contributed by atoms with Gasteiger partial charge in [-0.25, -0.2) is 4.98 Å². The van der Waals surface area contributed by atoms with Gasteiger partial charge in [-0.15, -0.1) is 23.7 Å². The molecule has 0 spiro atoms. The smallest absolute Gasteiger partial charge is 0.131 e. The van der Waals surface area contributed by atoms with Crippen LogP contribution in [0, 0.1) is 12.8 Å². The second-order valence-corrected chi connectivity index (χ2v) is 6.97. The predicted octanol–water partition coefficient (Wildman–Crippen LogP) is 2.12. The van der Waals surface area contributed by atoms with Gasteiger partial charge in [0.1, 0.15) is 12.4 Å². The summed E-state index contributed by atoms with van der Waals surface area (Å²) in [6, 6.07) is 8.11. The Kier molecular flexibility index (Phi) is 7.45. The normalized spacial score (nSPS) is 19.9. The minimum atomic E-state index is -0.229. The van der Waals surface area contributed by atoms with E-state index in [1.807, 2.05) is 24.4 Å². The number of thiazole rings is 1. The Labute approximate surface area is 152 Å². The maximum atomic E-state index is 9.75. The van der Waals surface area contributed by atoms with Crippen LogP contribution in [0.5, 0.6) is 5.75 Å². The molecule has 0 amide bonds. The summed E-state index contributed by atoms with van der Waals surface area (Å²) in [5, 5.41) is 19.4. The van der Waals surface area contributed by atoms with Crippen LogP contribution in [0.25, 0.3) is 0 Å². The Morgan fingerprint density at radius 2 is 2.12 bits per heavy atom. The van der Waals surface area contributed by atoms with Crippen molar-refractivity contribution < 1.29 is 9.84 Å². The van der Waals surface area contributed by atoms with Gasteiger partial charge in [0, 0.05) is 37.5 Å². The van der Waals surface area contributed by atoms with E-state index in [1.165, 1.54) is 5.56 Å². The minimum Gasteiger partial charge on any atom is -0.487 e. The summed E-state index contributed by atoms with van der Waals surface area (Å²) >= 11 is 1.64. The highest BCUT2D eigenvalue weighted by Gasteiger charge is 2.23. The van der Waals surface area contributed by atoms with Crippen molar-refractivity contribution in [1.29, 1.82) is 0 Å². The molecule has 2 heterocycles. The van der Waals surface area contributed by atoms with E-state index in [-0.39, 0.29) is 18.5 Å². The maximum Gasteiger partial charge on any atom is 0.131 e. The summed E-state index contributed by atoms with van der Waals surface area (Å²) < 4.78 is 5.74. The minimum absolute atomic E-state index is 0. The van der Waals surface area contributed by atoms with Crippen molar-refractivity contribution in [3.05, 3.63) is 45.9 Å². The van der Waals surface area contributed by atoms with E-state index in [9.17, 15) is 5.11 Å². The summed E-state index contributed by atoms with van der Waals surface area (Å²) in [4.78, 5) is 4.39. The van der Waals surface area contributed by atoms with Crippen LogP contribution < -0.4 is 15.4 Å². The fourth-order valence-corrected chi connectivity index (χ4v) is 3.26. The maximum absolute atomic E-state index is 9.75. The topological polar surface area (TPSA) is 66.4 Å². The Bertz CT molecular complexity index is 621. The molecule has 0 bridgehead atoms. The van der Waals surface area contributed by atoms with E-state index >= 15 is 0 Å². The van der Waals surface area contributed by atoms with Crippen LogP contribution in [0.1, 0.15) is 16.3 Å². The number of nitrogens with one attached hydrogen (secondary N) is 2. The highest BCUT2D eigenvalue weighted by atomic mass is 35.5. The van der Waals surface area contributed by atoms with Crippen molar-refractivity contribution in [1.82, 2.24) is 15.6 Å². The summed E-state index contributed by atoms with van der Waals surface area (Å²) in [7, 11) is 0. The predicted molar refractivity (Wildman–Crippen MR) is 98.9 cm³/mol. The molecule has 3 rings (SSSR count). The molecular weight excluding hydrogens is 346 g/mol. The number of nitrogens with zero attached hydrogens (tertiary/aromatic N) is 1. The first kappa shape index (κ1) is 19.1. The molecule has 3 N–H and O–H groups in total. The van der Waals surface area contributed by atoms with Crippen LogP contribution in [0.4, 0.5) is 0 Å². The SMILES string of the molecule is Cc1nc(COc2ccc(CNCC3CNCC3O)cc2)cs1.Cl. The second kappa shape index (κ2) is 9.34. The number of aliphatic hydroxyl groups excluding tert-OH is 1. The number of hydrogen-bond donors (Lipinski definition) is 3. The molecule has 2 unspecified atom stereocenters. The van der Waals surface area contributed by atoms with Gasteiger partial charge in [-0.2, -0.15) is 0 Å². The third kappa shape index (κ3) is 5.43. The van der Waals surface area contributed by atoms with Crippen molar-refractivity contribution in [2.24, 2.45) is 5.92 Å². The van der Waals surface area contributed by atoms with Gasteiger partial charge in [0.2, 0.25) is 0 Å². The van der Waals surface area contributed by atoms with Gasteiger partial charge < -0.3 is 20.5 Å². The van der Waals surface area contributed by atoms with Crippen LogP contribution in [0.3, 0.4) is 0 Å². The molecule has 132 valence electrons. The van der Waals surface area contributed by atoms with Gasteiger partial charge >= 0.3 is 0 Å². The number of ether oxygens (including phenoxy) is 1. The monoisotopic (exact) mass is 369 g/mol. The van der Waals surface area contributed by atoms with E-state index in [0.717, 1.165) is 36.1 Å². The van der Waals surface area contributed by atoms with Gasteiger partial charge in [0.15, 0.2) is 0 Å². The highest BCUT2D eigenvalue weighted by Crippen LogP contribution is 2.15. The first-order valence-corrected chi connectivity index (χ1v) is 8.81. The molecule has 1 aromatic carbocycles. The van der Waals surface area contributed by atoms with Crippen LogP contribution in [0.2, 0.25) is 0 Å². The van der Waals surface area contributed by atoms with Crippen molar-refractivity contribution >= 4 is 23.7 Å². The molecule has 0 aliphatic carbocycles. The molecule has 7 heteroatoms. The molecular formula is C17H24ClN3O2S. The number of hydrogen-bond acceptors (Lipinski definition) is 6. The second-order valence-electron chi connectivity index (χ2n) is 5.91. The molecule has 0 radical (unpaired) electrons. The molecule has 2 aromatic rings. The number of aliphatic hydroxyl groups is 1. The van der Waals surface area contributed by atoms with E-state index in [2.05, 4.69) is 27.8 Å². The lowest BCUT2D eigenvalue weighted by molar-refractivity contribution is 0.146. The van der Waals surface area contributed by atoms with Crippen LogP contribution in [-0.4, -0.2) is 35.8 Å². The summed E-state index contributed by atoms with van der Waals surface area (Å²) in [6.45, 7) is 5.73. The zero-order chi connectivity index (χ0) is 16.1. The van der Waals surface area contributed by atoms with Gasteiger partial charge in [0.25, 0.3) is 0 Å². The van der Waals surface area contributed by atoms with E-state index in [1.54, 1.807) is 11.3 Å². The standard InChI is InChI=1S/C17H23N3O2S.ClH/c1-12-20-15(11-23-12)10-22-16-4-2-13(3-5-16)6-18-7-14-8-19-9-17(14)21;/h2-5,11,14,17-19,21H,6-10H2,1H3;1H. The number of halogens is 1. The zero-order valence-corrected chi connectivity index (χ0v) is 15.3. The zero-order valence-electron chi connectivity index (χ0n) is 13.7. The molecule has 1 aliphatic rings. The summed E-state index contributed by atoms with van der Waals surface area (Å²) in [5.41, 5.74) is 2.18. The van der Waals surface area contributed by atoms with Crippen molar-refractivity contribution in [2.75, 3.05) is 19.6 Å². The molecule has 1 aliphatic heterocycles. The molecule has 1 aromatic heterocycles. The van der Waals surface area contributed by atoms with Crippen LogP contribution in [-0.2, 0) is 13.2 Å². The first-order valence-electron chi connectivity index (χ1n) is 7.93. The number of benzene rings is 1. The lowest BCUT2D eigenvalue weighted by Crippen LogP contribution is -2.30. The third-order valence-electron chi connectivity index (χ3n) is 4.02. The molecule has 0 saturated carbocycles. The van der Waals surface area contributed by atoms with E-state index in [4.69, 9.17) is 4.74 Å². The molecule has 1 saturated heterocycles. The first-order chi connectivity index (χ1) is 11.2. The van der Waals surface area contributed by atoms with E-state index < -0.39 is 0 Å². The lowest BCUT2D eigenvalue weighted by atomic mass is 10.1. The molecule has 5 nitrogen and oxygen atoms in total. The fraction of sp³-hybridized carbons (Fsp3) is 0.471.